The van der Waals surface area contributed by atoms with E-state index in [4.69, 9.17) is 0 Å². The summed E-state index contributed by atoms with van der Waals surface area (Å²) in [7, 11) is -0.380. The van der Waals surface area contributed by atoms with Gasteiger partial charge < -0.3 is 20.1 Å². The number of aromatic nitrogens is 4. The highest BCUT2D eigenvalue weighted by Gasteiger charge is 2.35. The van der Waals surface area contributed by atoms with E-state index in [2.05, 4.69) is 25.6 Å². The van der Waals surface area contributed by atoms with E-state index in [9.17, 15) is 18.0 Å². The number of fused-ring (bicyclic) bond motifs is 1. The summed E-state index contributed by atoms with van der Waals surface area (Å²) < 4.78 is 29.0. The summed E-state index contributed by atoms with van der Waals surface area (Å²) in [6.45, 7) is 7.54. The van der Waals surface area contributed by atoms with E-state index in [0.29, 0.717) is 30.2 Å². The Kier molecular flexibility index (Phi) is 7.24. The van der Waals surface area contributed by atoms with Crippen molar-refractivity contribution >= 4 is 21.8 Å². The summed E-state index contributed by atoms with van der Waals surface area (Å²) in [4.78, 5) is 32.9. The molecule has 0 aliphatic carbocycles. The molecule has 3 heterocycles. The highest BCUT2D eigenvalue weighted by molar-refractivity contribution is 7.89. The maximum absolute atomic E-state index is 13.5. The van der Waals surface area contributed by atoms with Gasteiger partial charge in [-0.2, -0.15) is 17.6 Å². The average molecular weight is 528 g/mol. The smallest absolute Gasteiger partial charge is 0.282 e. The van der Waals surface area contributed by atoms with Crippen LogP contribution in [0.3, 0.4) is 0 Å². The maximum atomic E-state index is 13.5. The molecule has 1 aliphatic heterocycles. The first-order chi connectivity index (χ1) is 17.4. The SMILES string of the molecule is CNC(=O)[C@@H](NC(=O)c1nc(-c2cnn(S(=O)(=O)c3ccccc3)c2)n2c1CN(C)CCC2)C(C)(C)C. The topological polar surface area (TPSA) is 131 Å². The van der Waals surface area contributed by atoms with Crippen LogP contribution in [0.2, 0.25) is 0 Å². The Hall–Kier alpha value is -3.51. The van der Waals surface area contributed by atoms with Crippen molar-refractivity contribution in [2.45, 2.75) is 51.2 Å². The lowest BCUT2D eigenvalue weighted by atomic mass is 9.86. The number of benzene rings is 1. The molecule has 2 amide bonds. The van der Waals surface area contributed by atoms with Gasteiger partial charge in [-0.25, -0.2) is 4.98 Å². The maximum Gasteiger partial charge on any atom is 0.282 e. The van der Waals surface area contributed by atoms with Crippen molar-refractivity contribution in [3.8, 4) is 11.4 Å². The number of hydrogen-bond acceptors (Lipinski definition) is 7. The summed E-state index contributed by atoms with van der Waals surface area (Å²) in [5.41, 5.74) is 0.860. The first-order valence-corrected chi connectivity index (χ1v) is 13.5. The summed E-state index contributed by atoms with van der Waals surface area (Å²) >= 11 is 0. The van der Waals surface area contributed by atoms with Crippen molar-refractivity contribution in [1.82, 2.24) is 34.3 Å². The predicted octanol–water partition coefficient (Wildman–Crippen LogP) is 1.71. The Morgan fingerprint density at radius 1 is 1.11 bits per heavy atom. The van der Waals surface area contributed by atoms with Crippen molar-refractivity contribution in [2.75, 3.05) is 20.6 Å². The molecule has 37 heavy (non-hydrogen) atoms. The minimum absolute atomic E-state index is 0.121. The van der Waals surface area contributed by atoms with E-state index in [-0.39, 0.29) is 16.5 Å². The van der Waals surface area contributed by atoms with Crippen molar-refractivity contribution in [3.63, 3.8) is 0 Å². The fraction of sp³-hybridized carbons (Fsp3) is 0.440. The largest absolute Gasteiger partial charge is 0.357 e. The Labute approximate surface area is 216 Å². The lowest BCUT2D eigenvalue weighted by molar-refractivity contribution is -0.124. The zero-order valence-corrected chi connectivity index (χ0v) is 22.5. The van der Waals surface area contributed by atoms with Crippen LogP contribution in [0.5, 0.6) is 0 Å². The molecule has 2 aromatic heterocycles. The van der Waals surface area contributed by atoms with Gasteiger partial charge in [-0.3, -0.25) is 9.59 Å². The molecule has 0 unspecified atom stereocenters. The third kappa shape index (κ3) is 5.30. The molecule has 1 aromatic carbocycles. The Bertz CT molecular complexity index is 1400. The molecule has 198 valence electrons. The van der Waals surface area contributed by atoms with Gasteiger partial charge in [0.2, 0.25) is 5.91 Å². The van der Waals surface area contributed by atoms with Gasteiger partial charge in [-0.05, 0) is 37.6 Å². The number of imidazole rings is 1. The number of nitrogens with one attached hydrogen (secondary N) is 2. The van der Waals surface area contributed by atoms with Crippen LogP contribution in [0.1, 0.15) is 43.4 Å². The third-order valence-corrected chi connectivity index (χ3v) is 7.94. The molecule has 11 nitrogen and oxygen atoms in total. The predicted molar refractivity (Wildman–Crippen MR) is 138 cm³/mol. The van der Waals surface area contributed by atoms with Gasteiger partial charge in [0.15, 0.2) is 5.69 Å². The molecular formula is C25H33N7O4S. The van der Waals surface area contributed by atoms with Gasteiger partial charge in [0.05, 0.1) is 28.5 Å². The quantitative estimate of drug-likeness (QED) is 0.499. The molecule has 4 rings (SSSR count). The van der Waals surface area contributed by atoms with E-state index in [1.165, 1.54) is 31.6 Å². The monoisotopic (exact) mass is 527 g/mol. The van der Waals surface area contributed by atoms with Gasteiger partial charge in [0.1, 0.15) is 11.9 Å². The molecule has 3 aromatic rings. The van der Waals surface area contributed by atoms with Crippen molar-refractivity contribution < 1.29 is 18.0 Å². The summed E-state index contributed by atoms with van der Waals surface area (Å²) in [5.74, 6) is -0.300. The van der Waals surface area contributed by atoms with Crippen LogP contribution in [0.4, 0.5) is 0 Å². The molecule has 12 heteroatoms. The van der Waals surface area contributed by atoms with Crippen molar-refractivity contribution in [3.05, 3.63) is 54.1 Å². The molecule has 0 spiro atoms. The summed E-state index contributed by atoms with van der Waals surface area (Å²) in [6, 6.07) is 7.29. The van der Waals surface area contributed by atoms with Gasteiger partial charge >= 0.3 is 0 Å². The first-order valence-electron chi connectivity index (χ1n) is 12.1. The number of rotatable bonds is 6. The third-order valence-electron chi connectivity index (χ3n) is 6.38. The zero-order valence-electron chi connectivity index (χ0n) is 21.7. The van der Waals surface area contributed by atoms with E-state index in [1.54, 1.807) is 18.2 Å². The minimum Gasteiger partial charge on any atom is -0.357 e. The Balaban J connectivity index is 1.76. The van der Waals surface area contributed by atoms with Crippen LogP contribution < -0.4 is 10.6 Å². The fourth-order valence-electron chi connectivity index (χ4n) is 4.39. The van der Waals surface area contributed by atoms with E-state index in [1.807, 2.05) is 32.4 Å². The van der Waals surface area contributed by atoms with E-state index >= 15 is 0 Å². The number of nitrogens with zero attached hydrogens (tertiary/aromatic N) is 5. The Morgan fingerprint density at radius 2 is 1.81 bits per heavy atom. The van der Waals surface area contributed by atoms with Crippen molar-refractivity contribution in [1.29, 1.82) is 0 Å². The molecule has 1 aliphatic rings. The molecular weight excluding hydrogens is 494 g/mol. The number of likely N-dealkylation sites (N-methyl/N-ethyl adjacent to an activating group) is 1. The summed E-state index contributed by atoms with van der Waals surface area (Å²) in [5, 5.41) is 9.59. The van der Waals surface area contributed by atoms with Crippen LogP contribution in [0, 0.1) is 5.41 Å². The second kappa shape index (κ2) is 10.1. The standard InChI is InChI=1S/C25H33N7O4S/c1-25(2,3)21(24(34)26-4)29-23(33)20-19-16-30(5)12-9-13-31(19)22(28-20)17-14-27-32(15-17)37(35,36)18-10-7-6-8-11-18/h6-8,10-11,14-15,21H,9,12-13,16H2,1-5H3,(H,26,34)(H,29,33)/t21-/m1/s1. The van der Waals surface area contributed by atoms with Crippen molar-refractivity contribution in [2.24, 2.45) is 5.41 Å². The van der Waals surface area contributed by atoms with E-state index < -0.39 is 27.4 Å². The highest BCUT2D eigenvalue weighted by Crippen LogP contribution is 2.28. The molecule has 0 fully saturated rings. The molecule has 0 saturated carbocycles. The minimum atomic E-state index is -3.88. The lowest BCUT2D eigenvalue weighted by Gasteiger charge is -2.29. The van der Waals surface area contributed by atoms with Gasteiger partial charge in [0.25, 0.3) is 15.9 Å². The first kappa shape index (κ1) is 26.6. The van der Waals surface area contributed by atoms with Gasteiger partial charge in [-0.15, -0.1) is 0 Å². The zero-order chi connectivity index (χ0) is 27.0. The summed E-state index contributed by atoms with van der Waals surface area (Å²) in [6.07, 6.45) is 3.68. The van der Waals surface area contributed by atoms with Crippen LogP contribution in [0.15, 0.2) is 47.6 Å². The van der Waals surface area contributed by atoms with Crippen LogP contribution in [-0.2, 0) is 27.9 Å². The van der Waals surface area contributed by atoms with Crippen LogP contribution in [0.25, 0.3) is 11.4 Å². The lowest BCUT2D eigenvalue weighted by Crippen LogP contribution is -2.53. The number of carbonyl (C=O) groups excluding carboxylic acids is 2. The number of amides is 2. The van der Waals surface area contributed by atoms with Gasteiger partial charge in [0, 0.05) is 20.1 Å². The van der Waals surface area contributed by atoms with Gasteiger partial charge in [-0.1, -0.05) is 39.0 Å². The normalized spacial score (nSPS) is 15.5. The molecule has 0 bridgehead atoms. The second-order valence-corrected chi connectivity index (χ2v) is 12.1. The fourth-order valence-corrected chi connectivity index (χ4v) is 5.54. The highest BCUT2D eigenvalue weighted by atomic mass is 32.2. The van der Waals surface area contributed by atoms with Crippen LogP contribution >= 0.6 is 0 Å². The second-order valence-electron chi connectivity index (χ2n) is 10.3. The average Bonchev–Trinajstić information content (AvgIpc) is 3.43. The molecule has 0 radical (unpaired) electrons. The number of carbonyl (C=O) groups is 2. The van der Waals surface area contributed by atoms with Crippen LogP contribution in [-0.4, -0.2) is 70.6 Å². The van der Waals surface area contributed by atoms with E-state index in [0.717, 1.165) is 17.1 Å². The number of hydrogen-bond donors (Lipinski definition) is 2. The molecule has 1 atom stereocenters. The Morgan fingerprint density at radius 3 is 2.46 bits per heavy atom. The molecule has 0 saturated heterocycles. The molecule has 2 N–H and O–H groups in total.